The maximum atomic E-state index is 9.74. The van der Waals surface area contributed by atoms with Crippen LogP contribution in [0.15, 0.2) is 6.33 Å². The molecule has 2 atom stereocenters. The Morgan fingerprint density at radius 3 is 2.56 bits per heavy atom. The predicted octanol–water partition coefficient (Wildman–Crippen LogP) is 1.88. The minimum Gasteiger partial charge on any atom is -0.393 e. The summed E-state index contributed by atoms with van der Waals surface area (Å²) in [4.78, 5) is 4.28. The van der Waals surface area contributed by atoms with E-state index in [1.807, 2.05) is 11.6 Å². The topological polar surface area (TPSA) is 50.9 Å². The SMILES string of the molecule is CCCn1ncnc1CC(C(C)C)C(C)O. The zero-order valence-electron chi connectivity index (χ0n) is 10.7. The van der Waals surface area contributed by atoms with Crippen molar-refractivity contribution in [3.8, 4) is 0 Å². The van der Waals surface area contributed by atoms with Crippen LogP contribution in [0.4, 0.5) is 0 Å². The molecule has 0 aliphatic heterocycles. The van der Waals surface area contributed by atoms with Crippen LogP contribution in [-0.2, 0) is 13.0 Å². The lowest BCUT2D eigenvalue weighted by Gasteiger charge is -2.23. The van der Waals surface area contributed by atoms with Gasteiger partial charge in [-0.1, -0.05) is 20.8 Å². The monoisotopic (exact) mass is 225 g/mol. The second kappa shape index (κ2) is 5.99. The lowest BCUT2D eigenvalue weighted by molar-refractivity contribution is 0.0956. The van der Waals surface area contributed by atoms with Crippen molar-refractivity contribution in [1.82, 2.24) is 14.8 Å². The third-order valence-corrected chi connectivity index (χ3v) is 3.03. The normalized spacial score (nSPS) is 15.4. The quantitative estimate of drug-likeness (QED) is 0.804. The first-order valence-electron chi connectivity index (χ1n) is 6.11. The van der Waals surface area contributed by atoms with E-state index in [9.17, 15) is 5.11 Å². The van der Waals surface area contributed by atoms with Crippen molar-refractivity contribution in [2.45, 2.75) is 53.2 Å². The third kappa shape index (κ3) is 3.30. The van der Waals surface area contributed by atoms with Gasteiger partial charge in [0.25, 0.3) is 0 Å². The minimum atomic E-state index is -0.299. The Balaban J connectivity index is 2.73. The van der Waals surface area contributed by atoms with Crippen molar-refractivity contribution in [3.05, 3.63) is 12.2 Å². The molecule has 0 aliphatic rings. The predicted molar refractivity (Wildman–Crippen MR) is 64.0 cm³/mol. The highest BCUT2D eigenvalue weighted by Gasteiger charge is 2.21. The number of aliphatic hydroxyl groups is 1. The fraction of sp³-hybridized carbons (Fsp3) is 0.833. The summed E-state index contributed by atoms with van der Waals surface area (Å²) in [6.07, 6.45) is 3.16. The number of nitrogens with zero attached hydrogens (tertiary/aromatic N) is 3. The summed E-state index contributed by atoms with van der Waals surface area (Å²) in [5, 5.41) is 13.9. The number of rotatable bonds is 6. The fourth-order valence-electron chi connectivity index (χ4n) is 2.02. The maximum absolute atomic E-state index is 9.74. The molecule has 1 heterocycles. The Labute approximate surface area is 97.7 Å². The van der Waals surface area contributed by atoms with Crippen molar-refractivity contribution < 1.29 is 5.11 Å². The molecule has 0 aliphatic carbocycles. The molecular weight excluding hydrogens is 202 g/mol. The summed E-state index contributed by atoms with van der Waals surface area (Å²) in [6.45, 7) is 9.15. The highest BCUT2D eigenvalue weighted by molar-refractivity contribution is 4.89. The summed E-state index contributed by atoms with van der Waals surface area (Å²) in [6, 6.07) is 0. The van der Waals surface area contributed by atoms with Gasteiger partial charge in [-0.3, -0.25) is 4.68 Å². The van der Waals surface area contributed by atoms with E-state index in [2.05, 4.69) is 30.9 Å². The second-order valence-corrected chi connectivity index (χ2v) is 4.75. The van der Waals surface area contributed by atoms with Gasteiger partial charge < -0.3 is 5.11 Å². The van der Waals surface area contributed by atoms with Crippen molar-refractivity contribution in [1.29, 1.82) is 0 Å². The van der Waals surface area contributed by atoms with Gasteiger partial charge in [0.15, 0.2) is 0 Å². The molecule has 0 spiro atoms. The Hall–Kier alpha value is -0.900. The number of hydrogen-bond acceptors (Lipinski definition) is 3. The first kappa shape index (κ1) is 13.2. The summed E-state index contributed by atoms with van der Waals surface area (Å²) in [7, 11) is 0. The highest BCUT2D eigenvalue weighted by Crippen LogP contribution is 2.19. The Morgan fingerprint density at radius 1 is 1.38 bits per heavy atom. The van der Waals surface area contributed by atoms with Crippen molar-refractivity contribution >= 4 is 0 Å². The molecule has 0 bridgehead atoms. The van der Waals surface area contributed by atoms with E-state index in [0.29, 0.717) is 5.92 Å². The van der Waals surface area contributed by atoms with E-state index in [0.717, 1.165) is 25.2 Å². The standard InChI is InChI=1S/C12H23N3O/c1-5-6-15-12(13-8-14-15)7-11(9(2)3)10(4)16/h8-11,16H,5-7H2,1-4H3. The van der Waals surface area contributed by atoms with Gasteiger partial charge in [0.1, 0.15) is 12.2 Å². The molecule has 0 saturated carbocycles. The molecule has 0 fully saturated rings. The largest absolute Gasteiger partial charge is 0.393 e. The molecule has 16 heavy (non-hydrogen) atoms. The van der Waals surface area contributed by atoms with Crippen molar-refractivity contribution in [2.24, 2.45) is 11.8 Å². The average molecular weight is 225 g/mol. The highest BCUT2D eigenvalue weighted by atomic mass is 16.3. The Kier molecular flexibility index (Phi) is 4.93. The number of aliphatic hydroxyl groups excluding tert-OH is 1. The van der Waals surface area contributed by atoms with Gasteiger partial charge in [0, 0.05) is 13.0 Å². The van der Waals surface area contributed by atoms with Crippen LogP contribution in [-0.4, -0.2) is 26.0 Å². The van der Waals surface area contributed by atoms with Gasteiger partial charge in [-0.2, -0.15) is 5.10 Å². The van der Waals surface area contributed by atoms with Crippen LogP contribution in [0.3, 0.4) is 0 Å². The fourth-order valence-corrected chi connectivity index (χ4v) is 2.02. The molecule has 0 aromatic carbocycles. The molecule has 1 aromatic rings. The molecule has 0 saturated heterocycles. The zero-order valence-corrected chi connectivity index (χ0v) is 10.7. The second-order valence-electron chi connectivity index (χ2n) is 4.75. The van der Waals surface area contributed by atoms with Crippen molar-refractivity contribution in [3.63, 3.8) is 0 Å². The van der Waals surface area contributed by atoms with Crippen LogP contribution in [0.2, 0.25) is 0 Å². The molecule has 0 amide bonds. The molecule has 0 radical (unpaired) electrons. The first-order chi connectivity index (χ1) is 7.56. The molecule has 4 heteroatoms. The van der Waals surface area contributed by atoms with E-state index < -0.39 is 0 Å². The summed E-state index contributed by atoms with van der Waals surface area (Å²) in [5.74, 6) is 1.69. The van der Waals surface area contributed by atoms with E-state index in [-0.39, 0.29) is 12.0 Å². The summed E-state index contributed by atoms with van der Waals surface area (Å²) >= 11 is 0. The van der Waals surface area contributed by atoms with Gasteiger partial charge in [0.2, 0.25) is 0 Å². The number of aryl methyl sites for hydroxylation is 1. The van der Waals surface area contributed by atoms with Crippen LogP contribution in [0, 0.1) is 11.8 Å². The van der Waals surface area contributed by atoms with E-state index in [1.54, 1.807) is 6.33 Å². The van der Waals surface area contributed by atoms with E-state index >= 15 is 0 Å². The third-order valence-electron chi connectivity index (χ3n) is 3.03. The van der Waals surface area contributed by atoms with Gasteiger partial charge >= 0.3 is 0 Å². The molecule has 92 valence electrons. The van der Waals surface area contributed by atoms with Gasteiger partial charge in [-0.25, -0.2) is 4.98 Å². The van der Waals surface area contributed by atoms with Crippen molar-refractivity contribution in [2.75, 3.05) is 0 Å². The molecule has 2 unspecified atom stereocenters. The minimum absolute atomic E-state index is 0.250. The van der Waals surface area contributed by atoms with Crippen LogP contribution in [0.5, 0.6) is 0 Å². The molecular formula is C12H23N3O. The number of hydrogen-bond donors (Lipinski definition) is 1. The number of aromatic nitrogens is 3. The Morgan fingerprint density at radius 2 is 2.06 bits per heavy atom. The lowest BCUT2D eigenvalue weighted by Crippen LogP contribution is -2.26. The van der Waals surface area contributed by atoms with Crippen LogP contribution >= 0.6 is 0 Å². The van der Waals surface area contributed by atoms with Gasteiger partial charge in [-0.05, 0) is 25.2 Å². The van der Waals surface area contributed by atoms with E-state index in [4.69, 9.17) is 0 Å². The smallest absolute Gasteiger partial charge is 0.138 e. The molecule has 1 aromatic heterocycles. The summed E-state index contributed by atoms with van der Waals surface area (Å²) in [5.41, 5.74) is 0. The van der Waals surface area contributed by atoms with Gasteiger partial charge in [0.05, 0.1) is 6.10 Å². The molecule has 4 nitrogen and oxygen atoms in total. The van der Waals surface area contributed by atoms with Gasteiger partial charge in [-0.15, -0.1) is 0 Å². The van der Waals surface area contributed by atoms with Crippen LogP contribution < -0.4 is 0 Å². The van der Waals surface area contributed by atoms with E-state index in [1.165, 1.54) is 0 Å². The summed E-state index contributed by atoms with van der Waals surface area (Å²) < 4.78 is 1.94. The van der Waals surface area contributed by atoms with Crippen LogP contribution in [0.25, 0.3) is 0 Å². The molecule has 1 N–H and O–H groups in total. The zero-order chi connectivity index (χ0) is 12.1. The lowest BCUT2D eigenvalue weighted by atomic mass is 9.88. The molecule has 1 rings (SSSR count). The maximum Gasteiger partial charge on any atom is 0.138 e. The van der Waals surface area contributed by atoms with Crippen LogP contribution in [0.1, 0.15) is 39.9 Å². The average Bonchev–Trinajstić information content (AvgIpc) is 2.61. The Bertz CT molecular complexity index is 299. The first-order valence-corrected chi connectivity index (χ1v) is 6.11.